The molecule has 0 radical (unpaired) electrons. The fourth-order valence-corrected chi connectivity index (χ4v) is 1.36. The van der Waals surface area contributed by atoms with Crippen LogP contribution >= 0.6 is 15.9 Å². The average molecular weight is 194 g/mol. The number of nitrogens with two attached hydrogens (primary N) is 1. The zero-order valence-electron chi connectivity index (χ0n) is 5.06. The number of alkyl halides is 1. The monoisotopic (exact) mass is 193 g/mol. The van der Waals surface area contributed by atoms with Gasteiger partial charge in [0.1, 0.15) is 5.54 Å². The largest absolute Gasteiger partial charge is 0.468 e. The Morgan fingerprint density at radius 1 is 2.00 bits per heavy atom. The van der Waals surface area contributed by atoms with E-state index in [1.165, 1.54) is 7.11 Å². The molecule has 1 fully saturated rings. The van der Waals surface area contributed by atoms with E-state index in [-0.39, 0.29) is 10.8 Å². The van der Waals surface area contributed by atoms with Crippen LogP contribution in [-0.4, -0.2) is 23.4 Å². The minimum atomic E-state index is -0.727. The topological polar surface area (TPSA) is 52.3 Å². The van der Waals surface area contributed by atoms with Gasteiger partial charge in [-0.25, -0.2) is 0 Å². The Morgan fingerprint density at radius 2 is 2.44 bits per heavy atom. The summed E-state index contributed by atoms with van der Waals surface area (Å²) in [5.74, 6) is -0.329. The van der Waals surface area contributed by atoms with E-state index < -0.39 is 5.54 Å². The fourth-order valence-electron chi connectivity index (χ4n) is 0.639. The van der Waals surface area contributed by atoms with Crippen LogP contribution in [0, 0.1) is 0 Å². The minimum absolute atomic E-state index is 0.109. The Balaban J connectivity index is 2.53. The van der Waals surface area contributed by atoms with Crippen LogP contribution in [0.1, 0.15) is 6.42 Å². The van der Waals surface area contributed by atoms with Gasteiger partial charge in [-0.3, -0.25) is 4.79 Å². The van der Waals surface area contributed by atoms with Gasteiger partial charge in [-0.05, 0) is 6.42 Å². The number of hydrogen-bond acceptors (Lipinski definition) is 3. The van der Waals surface area contributed by atoms with E-state index in [1.54, 1.807) is 0 Å². The minimum Gasteiger partial charge on any atom is -0.468 e. The molecule has 1 aliphatic rings. The number of ether oxygens (including phenoxy) is 1. The Bertz CT molecular complexity index is 150. The molecule has 52 valence electrons. The van der Waals surface area contributed by atoms with Crippen LogP contribution < -0.4 is 5.73 Å². The summed E-state index contributed by atoms with van der Waals surface area (Å²) in [5, 5.41) is 0. The molecule has 0 saturated heterocycles. The lowest BCUT2D eigenvalue weighted by Gasteiger charge is -2.04. The van der Waals surface area contributed by atoms with E-state index in [0.717, 1.165) is 0 Å². The van der Waals surface area contributed by atoms with Gasteiger partial charge in [-0.1, -0.05) is 15.9 Å². The highest BCUT2D eigenvalue weighted by Gasteiger charge is 2.57. The molecule has 2 unspecified atom stereocenters. The van der Waals surface area contributed by atoms with Gasteiger partial charge in [0.25, 0.3) is 0 Å². The van der Waals surface area contributed by atoms with Gasteiger partial charge in [0.2, 0.25) is 0 Å². The van der Waals surface area contributed by atoms with Crippen molar-refractivity contribution in [2.45, 2.75) is 16.8 Å². The molecule has 1 aliphatic carbocycles. The van der Waals surface area contributed by atoms with Crippen molar-refractivity contribution in [2.75, 3.05) is 7.11 Å². The molecule has 0 aromatic rings. The van der Waals surface area contributed by atoms with E-state index >= 15 is 0 Å². The van der Waals surface area contributed by atoms with Crippen molar-refractivity contribution in [1.29, 1.82) is 0 Å². The molecule has 0 amide bonds. The third-order valence-electron chi connectivity index (χ3n) is 1.48. The van der Waals surface area contributed by atoms with Gasteiger partial charge in [0.05, 0.1) is 7.11 Å². The Hall–Kier alpha value is -0.0900. The summed E-state index contributed by atoms with van der Waals surface area (Å²) in [7, 11) is 1.34. The van der Waals surface area contributed by atoms with Gasteiger partial charge < -0.3 is 10.5 Å². The first-order chi connectivity index (χ1) is 4.11. The standard InChI is InChI=1S/C5H8BrNO2/c1-9-4(8)5(7)2-3(5)6/h3H,2,7H2,1H3. The van der Waals surface area contributed by atoms with Crippen LogP contribution in [0.2, 0.25) is 0 Å². The third kappa shape index (κ3) is 0.966. The lowest BCUT2D eigenvalue weighted by molar-refractivity contribution is -0.143. The zero-order valence-corrected chi connectivity index (χ0v) is 6.64. The van der Waals surface area contributed by atoms with Crippen molar-refractivity contribution in [3.8, 4) is 0 Å². The number of esters is 1. The summed E-state index contributed by atoms with van der Waals surface area (Å²) in [6.45, 7) is 0. The van der Waals surface area contributed by atoms with Crippen molar-refractivity contribution in [2.24, 2.45) is 5.73 Å². The van der Waals surface area contributed by atoms with E-state index in [2.05, 4.69) is 20.7 Å². The maximum absolute atomic E-state index is 10.7. The SMILES string of the molecule is COC(=O)C1(N)CC1Br. The first kappa shape index (κ1) is 7.02. The maximum Gasteiger partial charge on any atom is 0.327 e. The normalized spacial score (nSPS) is 40.1. The van der Waals surface area contributed by atoms with Crippen LogP contribution in [0.25, 0.3) is 0 Å². The molecule has 0 aromatic heterocycles. The van der Waals surface area contributed by atoms with Crippen molar-refractivity contribution in [1.82, 2.24) is 0 Å². The summed E-state index contributed by atoms with van der Waals surface area (Å²) in [4.78, 5) is 10.8. The van der Waals surface area contributed by atoms with E-state index in [4.69, 9.17) is 5.73 Å². The van der Waals surface area contributed by atoms with Crippen LogP contribution in [0.15, 0.2) is 0 Å². The second kappa shape index (κ2) is 1.95. The number of methoxy groups -OCH3 is 1. The van der Waals surface area contributed by atoms with Crippen molar-refractivity contribution < 1.29 is 9.53 Å². The molecule has 0 bridgehead atoms. The van der Waals surface area contributed by atoms with Crippen LogP contribution in [0.4, 0.5) is 0 Å². The zero-order chi connectivity index (χ0) is 7.07. The second-order valence-electron chi connectivity index (χ2n) is 2.20. The highest BCUT2D eigenvalue weighted by Crippen LogP contribution is 2.40. The van der Waals surface area contributed by atoms with Crippen LogP contribution in [0.3, 0.4) is 0 Å². The lowest BCUT2D eigenvalue weighted by atomic mass is 10.3. The predicted octanol–water partition coefficient (Wildman–Crippen LogP) is 0.0241. The van der Waals surface area contributed by atoms with Gasteiger partial charge >= 0.3 is 5.97 Å². The highest BCUT2D eigenvalue weighted by atomic mass is 79.9. The Morgan fingerprint density at radius 3 is 2.56 bits per heavy atom. The van der Waals surface area contributed by atoms with Gasteiger partial charge in [-0.2, -0.15) is 0 Å². The molecule has 2 atom stereocenters. The smallest absolute Gasteiger partial charge is 0.327 e. The third-order valence-corrected chi connectivity index (χ3v) is 2.62. The number of carbonyl (C=O) groups excluding carboxylic acids is 1. The molecule has 0 aromatic carbocycles. The number of carbonyl (C=O) groups is 1. The lowest BCUT2D eigenvalue weighted by Crippen LogP contribution is -2.36. The molecule has 1 rings (SSSR count). The molecule has 0 heterocycles. The Kier molecular flexibility index (Phi) is 1.52. The molecule has 0 aliphatic heterocycles. The maximum atomic E-state index is 10.7. The molecule has 1 saturated carbocycles. The molecular formula is C5H8BrNO2. The quantitative estimate of drug-likeness (QED) is 0.473. The van der Waals surface area contributed by atoms with Gasteiger partial charge in [0.15, 0.2) is 0 Å². The summed E-state index contributed by atoms with van der Waals surface area (Å²) in [6.07, 6.45) is 0.680. The van der Waals surface area contributed by atoms with Crippen molar-refractivity contribution in [3.63, 3.8) is 0 Å². The number of hydrogen-bond donors (Lipinski definition) is 1. The fraction of sp³-hybridized carbons (Fsp3) is 0.800. The second-order valence-corrected chi connectivity index (χ2v) is 3.31. The first-order valence-electron chi connectivity index (χ1n) is 2.62. The van der Waals surface area contributed by atoms with E-state index in [1.807, 2.05) is 0 Å². The van der Waals surface area contributed by atoms with Crippen molar-refractivity contribution in [3.05, 3.63) is 0 Å². The molecule has 2 N–H and O–H groups in total. The molecule has 0 spiro atoms. The molecule has 4 heteroatoms. The summed E-state index contributed by atoms with van der Waals surface area (Å²) in [5.41, 5.74) is 4.80. The van der Waals surface area contributed by atoms with Gasteiger partial charge in [-0.15, -0.1) is 0 Å². The summed E-state index contributed by atoms with van der Waals surface area (Å²) < 4.78 is 4.45. The molecule has 3 nitrogen and oxygen atoms in total. The highest BCUT2D eigenvalue weighted by molar-refractivity contribution is 9.09. The predicted molar refractivity (Wildman–Crippen MR) is 36.3 cm³/mol. The average Bonchev–Trinajstić information content (AvgIpc) is 2.41. The number of rotatable bonds is 1. The summed E-state index contributed by atoms with van der Waals surface area (Å²) >= 11 is 3.22. The first-order valence-corrected chi connectivity index (χ1v) is 3.54. The van der Waals surface area contributed by atoms with Gasteiger partial charge in [0, 0.05) is 4.83 Å². The molecule has 9 heavy (non-hydrogen) atoms. The van der Waals surface area contributed by atoms with Crippen LogP contribution in [0.5, 0.6) is 0 Å². The molecular weight excluding hydrogens is 186 g/mol. The Labute approximate surface area is 61.7 Å². The summed E-state index contributed by atoms with van der Waals surface area (Å²) in [6, 6.07) is 0. The van der Waals surface area contributed by atoms with E-state index in [9.17, 15) is 4.79 Å². The number of halogens is 1. The van der Waals surface area contributed by atoms with Crippen molar-refractivity contribution >= 4 is 21.9 Å². The van der Waals surface area contributed by atoms with Crippen LogP contribution in [-0.2, 0) is 9.53 Å². The van der Waals surface area contributed by atoms with E-state index in [0.29, 0.717) is 6.42 Å².